The molecule has 1 aromatic carbocycles. The Hall–Kier alpha value is -1.61. The molecule has 17 heavy (non-hydrogen) atoms. The Kier molecular flexibility index (Phi) is 3.59. The van der Waals surface area contributed by atoms with Gasteiger partial charge in [0, 0.05) is 24.2 Å². The Labute approximate surface area is 102 Å². The van der Waals surface area contributed by atoms with Gasteiger partial charge in [0.15, 0.2) is 0 Å². The highest BCUT2D eigenvalue weighted by Crippen LogP contribution is 2.18. The zero-order valence-electron chi connectivity index (χ0n) is 10.2. The van der Waals surface area contributed by atoms with Gasteiger partial charge in [0.25, 0.3) is 0 Å². The summed E-state index contributed by atoms with van der Waals surface area (Å²) in [7, 11) is 0. The lowest BCUT2D eigenvalue weighted by atomic mass is 10.0. The van der Waals surface area contributed by atoms with Crippen molar-refractivity contribution < 1.29 is 5.11 Å². The van der Waals surface area contributed by atoms with Crippen LogP contribution in [0.3, 0.4) is 0 Å². The molecule has 1 atom stereocenters. The first-order chi connectivity index (χ1) is 8.16. The Morgan fingerprint density at radius 1 is 1.24 bits per heavy atom. The first-order valence-corrected chi connectivity index (χ1v) is 5.93. The van der Waals surface area contributed by atoms with Gasteiger partial charge in [-0.25, -0.2) is 0 Å². The Morgan fingerprint density at radius 3 is 2.53 bits per heavy atom. The van der Waals surface area contributed by atoms with E-state index in [9.17, 15) is 5.11 Å². The Bertz CT molecular complexity index is 462. The van der Waals surface area contributed by atoms with Crippen molar-refractivity contribution in [1.82, 2.24) is 9.78 Å². The lowest BCUT2D eigenvalue weighted by Gasteiger charge is -2.08. The second kappa shape index (κ2) is 5.15. The molecule has 0 fully saturated rings. The van der Waals surface area contributed by atoms with Crippen molar-refractivity contribution in [3.63, 3.8) is 0 Å². The van der Waals surface area contributed by atoms with E-state index in [0.717, 1.165) is 11.1 Å². The highest BCUT2D eigenvalue weighted by molar-refractivity contribution is 5.19. The molecule has 2 aromatic rings. The first kappa shape index (κ1) is 11.9. The summed E-state index contributed by atoms with van der Waals surface area (Å²) in [6, 6.07) is 10.3. The van der Waals surface area contributed by atoms with Crippen LogP contribution in [-0.4, -0.2) is 14.9 Å². The summed E-state index contributed by atoms with van der Waals surface area (Å²) < 4.78 is 1.86. The average Bonchev–Trinajstić information content (AvgIpc) is 2.79. The van der Waals surface area contributed by atoms with Crippen molar-refractivity contribution >= 4 is 0 Å². The molecule has 3 heteroatoms. The van der Waals surface area contributed by atoms with Gasteiger partial charge in [0.05, 0.1) is 12.3 Å². The molecule has 2 rings (SSSR count). The Morgan fingerprint density at radius 2 is 1.94 bits per heavy atom. The molecule has 0 saturated carbocycles. The fourth-order valence-electron chi connectivity index (χ4n) is 1.76. The van der Waals surface area contributed by atoms with Crippen molar-refractivity contribution in [2.24, 2.45) is 0 Å². The van der Waals surface area contributed by atoms with Crippen LogP contribution in [-0.2, 0) is 6.42 Å². The monoisotopic (exact) mass is 230 g/mol. The van der Waals surface area contributed by atoms with E-state index in [2.05, 4.69) is 18.9 Å². The third kappa shape index (κ3) is 2.94. The van der Waals surface area contributed by atoms with Crippen molar-refractivity contribution in [1.29, 1.82) is 0 Å². The van der Waals surface area contributed by atoms with Crippen molar-refractivity contribution in [3.8, 4) is 0 Å². The summed E-state index contributed by atoms with van der Waals surface area (Å²) >= 11 is 0. The number of hydrogen-bond donors (Lipinski definition) is 1. The number of benzene rings is 1. The molecule has 90 valence electrons. The number of rotatable bonds is 4. The van der Waals surface area contributed by atoms with Crippen LogP contribution in [0.5, 0.6) is 0 Å². The minimum atomic E-state index is -0.482. The molecule has 1 heterocycles. The third-order valence-corrected chi connectivity index (χ3v) is 2.81. The number of aliphatic hydroxyl groups is 1. The smallest absolute Gasteiger partial charge is 0.0860 e. The zero-order chi connectivity index (χ0) is 12.3. The molecule has 0 radical (unpaired) electrons. The van der Waals surface area contributed by atoms with E-state index in [-0.39, 0.29) is 0 Å². The number of aromatic nitrogens is 2. The van der Waals surface area contributed by atoms with Crippen LogP contribution in [0.25, 0.3) is 0 Å². The molecular weight excluding hydrogens is 212 g/mol. The van der Waals surface area contributed by atoms with Gasteiger partial charge in [-0.15, -0.1) is 0 Å². The lowest BCUT2D eigenvalue weighted by molar-refractivity contribution is 0.178. The van der Waals surface area contributed by atoms with Gasteiger partial charge in [-0.1, -0.05) is 30.3 Å². The maximum absolute atomic E-state index is 10.1. The van der Waals surface area contributed by atoms with Gasteiger partial charge < -0.3 is 5.11 Å². The zero-order valence-corrected chi connectivity index (χ0v) is 10.2. The summed E-state index contributed by atoms with van der Waals surface area (Å²) in [5, 5.41) is 14.4. The van der Waals surface area contributed by atoms with Crippen LogP contribution >= 0.6 is 0 Å². The molecule has 0 spiro atoms. The van der Waals surface area contributed by atoms with Gasteiger partial charge in [0.2, 0.25) is 0 Å². The van der Waals surface area contributed by atoms with E-state index in [1.165, 1.54) is 0 Å². The molecule has 3 nitrogen and oxygen atoms in total. The normalized spacial score (nSPS) is 12.9. The molecule has 0 saturated heterocycles. The SMILES string of the molecule is CC(C)n1cc(C(O)Cc2ccccc2)cn1. The van der Waals surface area contributed by atoms with E-state index in [1.807, 2.05) is 41.2 Å². The molecule has 0 amide bonds. The van der Waals surface area contributed by atoms with Gasteiger partial charge in [-0.2, -0.15) is 5.10 Å². The van der Waals surface area contributed by atoms with Crippen LogP contribution in [0.1, 0.15) is 37.1 Å². The standard InChI is InChI=1S/C14H18N2O/c1-11(2)16-10-13(9-15-16)14(17)8-12-6-4-3-5-7-12/h3-7,9-11,14,17H,8H2,1-2H3. The predicted octanol–water partition coefficient (Wildman–Crippen LogP) is 2.74. The second-order valence-corrected chi connectivity index (χ2v) is 4.55. The van der Waals surface area contributed by atoms with E-state index < -0.39 is 6.10 Å². The van der Waals surface area contributed by atoms with Crippen molar-refractivity contribution in [3.05, 3.63) is 53.9 Å². The summed E-state index contributed by atoms with van der Waals surface area (Å²) in [5.74, 6) is 0. The van der Waals surface area contributed by atoms with Gasteiger partial charge in [0.1, 0.15) is 0 Å². The highest BCUT2D eigenvalue weighted by Gasteiger charge is 2.11. The van der Waals surface area contributed by atoms with E-state index in [1.54, 1.807) is 6.20 Å². The molecule has 1 unspecified atom stereocenters. The molecule has 0 aliphatic heterocycles. The van der Waals surface area contributed by atoms with E-state index in [0.29, 0.717) is 12.5 Å². The third-order valence-electron chi connectivity index (χ3n) is 2.81. The van der Waals surface area contributed by atoms with E-state index in [4.69, 9.17) is 0 Å². The molecule has 1 N–H and O–H groups in total. The number of hydrogen-bond acceptors (Lipinski definition) is 2. The molecule has 0 aliphatic carbocycles. The molecular formula is C14H18N2O. The minimum Gasteiger partial charge on any atom is -0.388 e. The largest absolute Gasteiger partial charge is 0.388 e. The van der Waals surface area contributed by atoms with Gasteiger partial charge >= 0.3 is 0 Å². The van der Waals surface area contributed by atoms with Crippen LogP contribution < -0.4 is 0 Å². The average molecular weight is 230 g/mol. The predicted molar refractivity (Wildman–Crippen MR) is 67.7 cm³/mol. The van der Waals surface area contributed by atoms with Crippen molar-refractivity contribution in [2.45, 2.75) is 32.4 Å². The van der Waals surface area contributed by atoms with Crippen LogP contribution in [0.4, 0.5) is 0 Å². The van der Waals surface area contributed by atoms with Crippen molar-refractivity contribution in [2.75, 3.05) is 0 Å². The quantitative estimate of drug-likeness (QED) is 0.877. The summed E-state index contributed by atoms with van der Waals surface area (Å²) in [5.41, 5.74) is 2.01. The van der Waals surface area contributed by atoms with Crippen LogP contribution in [0.2, 0.25) is 0 Å². The summed E-state index contributed by atoms with van der Waals surface area (Å²) in [6.45, 7) is 4.14. The maximum Gasteiger partial charge on any atom is 0.0860 e. The number of aliphatic hydroxyl groups excluding tert-OH is 1. The fraction of sp³-hybridized carbons (Fsp3) is 0.357. The molecule has 0 aliphatic rings. The lowest BCUT2D eigenvalue weighted by Crippen LogP contribution is -2.02. The van der Waals surface area contributed by atoms with Gasteiger partial charge in [-0.05, 0) is 19.4 Å². The number of nitrogens with zero attached hydrogens (tertiary/aromatic N) is 2. The summed E-state index contributed by atoms with van der Waals surface area (Å²) in [4.78, 5) is 0. The minimum absolute atomic E-state index is 0.327. The molecule has 1 aromatic heterocycles. The summed E-state index contributed by atoms with van der Waals surface area (Å²) in [6.07, 6.45) is 3.81. The fourth-order valence-corrected chi connectivity index (χ4v) is 1.76. The first-order valence-electron chi connectivity index (χ1n) is 5.93. The topological polar surface area (TPSA) is 38.0 Å². The molecule has 0 bridgehead atoms. The van der Waals surface area contributed by atoms with Crippen LogP contribution in [0, 0.1) is 0 Å². The van der Waals surface area contributed by atoms with E-state index >= 15 is 0 Å². The Balaban J connectivity index is 2.07. The van der Waals surface area contributed by atoms with Gasteiger partial charge in [-0.3, -0.25) is 4.68 Å². The highest BCUT2D eigenvalue weighted by atomic mass is 16.3. The second-order valence-electron chi connectivity index (χ2n) is 4.55. The van der Waals surface area contributed by atoms with Crippen LogP contribution in [0.15, 0.2) is 42.7 Å². The maximum atomic E-state index is 10.1.